The molecule has 2 heterocycles. The van der Waals surface area contributed by atoms with Crippen molar-refractivity contribution in [3.8, 4) is 11.5 Å². The topological polar surface area (TPSA) is 75.9 Å². The van der Waals surface area contributed by atoms with Gasteiger partial charge in [-0.1, -0.05) is 13.8 Å². The maximum atomic E-state index is 5.42. The maximum Gasteiger partial charge on any atom is 0.191 e. The molecule has 8 nitrogen and oxygen atoms in total. The molecule has 2 aromatic rings. The van der Waals surface area contributed by atoms with Gasteiger partial charge in [0.25, 0.3) is 0 Å². The number of hydrogen-bond acceptors (Lipinski definition) is 5. The number of anilines is 1. The monoisotopic (exact) mass is 556 g/mol. The lowest BCUT2D eigenvalue weighted by atomic mass is 10.2. The standard InChI is InChI=1S/C23H36N6O2.HI/c1-6-24-23(26-14-22-25-8-10-29(22)15-17(2)3)27-18-7-9-28(16-18)19-11-20(30-4)13-21(12-19)31-5;/h8,10-13,17-18H,6-7,9,14-16H2,1-5H3,(H2,24,26,27);1H. The smallest absolute Gasteiger partial charge is 0.191 e. The third-order valence-corrected chi connectivity index (χ3v) is 5.32. The van der Waals surface area contributed by atoms with Gasteiger partial charge in [0, 0.05) is 68.5 Å². The maximum absolute atomic E-state index is 5.42. The number of aliphatic imine (C=N–C) groups is 1. The second-order valence-electron chi connectivity index (χ2n) is 8.23. The van der Waals surface area contributed by atoms with Crippen LogP contribution >= 0.6 is 24.0 Å². The molecule has 9 heteroatoms. The van der Waals surface area contributed by atoms with Crippen molar-refractivity contribution >= 4 is 35.6 Å². The minimum absolute atomic E-state index is 0. The molecule has 1 unspecified atom stereocenters. The average Bonchev–Trinajstić information content (AvgIpc) is 3.40. The summed E-state index contributed by atoms with van der Waals surface area (Å²) in [6.45, 7) is 10.7. The van der Waals surface area contributed by atoms with Crippen LogP contribution in [0.5, 0.6) is 11.5 Å². The average molecular weight is 556 g/mol. The summed E-state index contributed by atoms with van der Waals surface area (Å²) in [6, 6.07) is 6.32. The Balaban J connectivity index is 0.00000363. The number of nitrogens with one attached hydrogen (secondary N) is 2. The molecule has 0 spiro atoms. The van der Waals surface area contributed by atoms with Gasteiger partial charge >= 0.3 is 0 Å². The highest BCUT2D eigenvalue weighted by Gasteiger charge is 2.24. The van der Waals surface area contributed by atoms with Crippen molar-refractivity contribution in [2.24, 2.45) is 10.9 Å². The number of halogens is 1. The molecule has 1 fully saturated rings. The van der Waals surface area contributed by atoms with Crippen LogP contribution < -0.4 is 25.0 Å². The summed E-state index contributed by atoms with van der Waals surface area (Å²) in [5.41, 5.74) is 1.11. The number of hydrogen-bond donors (Lipinski definition) is 2. The van der Waals surface area contributed by atoms with E-state index in [9.17, 15) is 0 Å². The van der Waals surface area contributed by atoms with E-state index in [4.69, 9.17) is 14.5 Å². The van der Waals surface area contributed by atoms with Crippen molar-refractivity contribution < 1.29 is 9.47 Å². The Morgan fingerprint density at radius 2 is 1.94 bits per heavy atom. The molecule has 0 bridgehead atoms. The molecule has 0 aliphatic carbocycles. The predicted molar refractivity (Wildman–Crippen MR) is 141 cm³/mol. The van der Waals surface area contributed by atoms with Crippen LogP contribution in [0.4, 0.5) is 5.69 Å². The molecular weight excluding hydrogens is 519 g/mol. The highest BCUT2D eigenvalue weighted by atomic mass is 127. The van der Waals surface area contributed by atoms with Crippen LogP contribution in [0, 0.1) is 5.92 Å². The van der Waals surface area contributed by atoms with E-state index in [2.05, 4.69) is 58.0 Å². The van der Waals surface area contributed by atoms with E-state index < -0.39 is 0 Å². The third kappa shape index (κ3) is 7.18. The van der Waals surface area contributed by atoms with Gasteiger partial charge in [0.15, 0.2) is 5.96 Å². The summed E-state index contributed by atoms with van der Waals surface area (Å²) < 4.78 is 13.0. The Morgan fingerprint density at radius 3 is 2.56 bits per heavy atom. The molecule has 178 valence electrons. The van der Waals surface area contributed by atoms with Gasteiger partial charge in [-0.25, -0.2) is 9.98 Å². The number of nitrogens with zero attached hydrogens (tertiary/aromatic N) is 4. The molecule has 32 heavy (non-hydrogen) atoms. The molecule has 1 saturated heterocycles. The van der Waals surface area contributed by atoms with E-state index in [-0.39, 0.29) is 24.0 Å². The number of methoxy groups -OCH3 is 2. The first kappa shape index (κ1) is 26.1. The zero-order valence-electron chi connectivity index (χ0n) is 19.8. The molecule has 2 N–H and O–H groups in total. The molecule has 1 aliphatic rings. The Hall–Kier alpha value is -2.17. The lowest BCUT2D eigenvalue weighted by Gasteiger charge is -2.21. The fourth-order valence-electron chi connectivity index (χ4n) is 3.80. The fourth-order valence-corrected chi connectivity index (χ4v) is 3.80. The highest BCUT2D eigenvalue weighted by molar-refractivity contribution is 14.0. The van der Waals surface area contributed by atoms with E-state index in [0.29, 0.717) is 18.5 Å². The van der Waals surface area contributed by atoms with Crippen molar-refractivity contribution in [1.82, 2.24) is 20.2 Å². The number of imidazole rings is 1. The largest absolute Gasteiger partial charge is 0.497 e. The molecule has 0 saturated carbocycles. The van der Waals surface area contributed by atoms with E-state index in [1.165, 1.54) is 0 Å². The Bertz CT molecular complexity index is 848. The lowest BCUT2D eigenvalue weighted by molar-refractivity contribution is 0.394. The molecule has 1 atom stereocenters. The summed E-state index contributed by atoms with van der Waals surface area (Å²) in [5, 5.41) is 6.96. The van der Waals surface area contributed by atoms with Crippen molar-refractivity contribution in [2.75, 3.05) is 38.8 Å². The van der Waals surface area contributed by atoms with Crippen LogP contribution in [-0.4, -0.2) is 55.4 Å². The predicted octanol–water partition coefficient (Wildman–Crippen LogP) is 3.51. The van der Waals surface area contributed by atoms with Crippen molar-refractivity contribution in [1.29, 1.82) is 0 Å². The first-order valence-corrected chi connectivity index (χ1v) is 11.0. The second-order valence-corrected chi connectivity index (χ2v) is 8.23. The van der Waals surface area contributed by atoms with Crippen molar-refractivity contribution in [3.05, 3.63) is 36.4 Å². The normalized spacial score (nSPS) is 16.1. The van der Waals surface area contributed by atoms with Crippen LogP contribution in [0.15, 0.2) is 35.6 Å². The number of benzene rings is 1. The van der Waals surface area contributed by atoms with Crippen molar-refractivity contribution in [3.63, 3.8) is 0 Å². The van der Waals surface area contributed by atoms with Crippen LogP contribution in [0.2, 0.25) is 0 Å². The Kier molecular flexibility index (Phi) is 10.4. The molecule has 0 radical (unpaired) electrons. The van der Waals surface area contributed by atoms with Crippen LogP contribution in [0.25, 0.3) is 0 Å². The second kappa shape index (κ2) is 12.8. The van der Waals surface area contributed by atoms with Gasteiger partial charge in [0.05, 0.1) is 14.2 Å². The van der Waals surface area contributed by atoms with Crippen molar-refractivity contribution in [2.45, 2.75) is 46.3 Å². The van der Waals surface area contributed by atoms with Crippen LogP contribution in [0.1, 0.15) is 33.0 Å². The molecular formula is C23H37IN6O2. The zero-order valence-corrected chi connectivity index (χ0v) is 22.1. The minimum atomic E-state index is 0. The quantitative estimate of drug-likeness (QED) is 0.280. The molecule has 1 aromatic heterocycles. The van der Waals surface area contributed by atoms with Gasteiger partial charge < -0.3 is 29.6 Å². The number of aromatic nitrogens is 2. The Morgan fingerprint density at radius 1 is 1.22 bits per heavy atom. The van der Waals surface area contributed by atoms with Gasteiger partial charge in [0.2, 0.25) is 0 Å². The first-order valence-electron chi connectivity index (χ1n) is 11.0. The fraction of sp³-hybridized carbons (Fsp3) is 0.565. The summed E-state index contributed by atoms with van der Waals surface area (Å²) in [6.07, 6.45) is 4.92. The van der Waals surface area contributed by atoms with Crippen LogP contribution in [-0.2, 0) is 13.1 Å². The zero-order chi connectivity index (χ0) is 22.2. The van der Waals surface area contributed by atoms with Crippen LogP contribution in [0.3, 0.4) is 0 Å². The van der Waals surface area contributed by atoms with Gasteiger partial charge in [-0.2, -0.15) is 0 Å². The molecule has 0 amide bonds. The lowest BCUT2D eigenvalue weighted by Crippen LogP contribution is -2.44. The molecule has 1 aromatic carbocycles. The summed E-state index contributed by atoms with van der Waals surface area (Å²) in [4.78, 5) is 11.6. The van der Waals surface area contributed by atoms with E-state index in [1.54, 1.807) is 14.2 Å². The van der Waals surface area contributed by atoms with Gasteiger partial charge in [-0.05, 0) is 19.3 Å². The van der Waals surface area contributed by atoms with E-state index >= 15 is 0 Å². The molecule has 1 aliphatic heterocycles. The number of ether oxygens (including phenoxy) is 2. The van der Waals surface area contributed by atoms with E-state index in [1.807, 2.05) is 18.5 Å². The SMILES string of the molecule is CCNC(=NCc1nccn1CC(C)C)NC1CCN(c2cc(OC)cc(OC)c2)C1.I. The van der Waals surface area contributed by atoms with E-state index in [0.717, 1.165) is 61.6 Å². The minimum Gasteiger partial charge on any atom is -0.497 e. The van der Waals surface area contributed by atoms with Gasteiger partial charge in [-0.3, -0.25) is 0 Å². The Labute approximate surface area is 208 Å². The summed E-state index contributed by atoms with van der Waals surface area (Å²) >= 11 is 0. The molecule has 3 rings (SSSR count). The number of rotatable bonds is 9. The third-order valence-electron chi connectivity index (χ3n) is 5.32. The van der Waals surface area contributed by atoms with Gasteiger partial charge in [-0.15, -0.1) is 24.0 Å². The summed E-state index contributed by atoms with van der Waals surface area (Å²) in [7, 11) is 3.36. The number of guanidine groups is 1. The van der Waals surface area contributed by atoms with Gasteiger partial charge in [0.1, 0.15) is 23.9 Å². The summed E-state index contributed by atoms with van der Waals surface area (Å²) in [5.74, 6) is 4.00. The first-order chi connectivity index (χ1) is 15.0. The highest BCUT2D eigenvalue weighted by Crippen LogP contribution is 2.30.